The highest BCUT2D eigenvalue weighted by atomic mass is 35.5. The van der Waals surface area contributed by atoms with Crippen LogP contribution in [0.5, 0.6) is 5.75 Å². The Balaban J connectivity index is 2.09. The highest BCUT2D eigenvalue weighted by molar-refractivity contribution is 7.10. The van der Waals surface area contributed by atoms with Gasteiger partial charge in [0.15, 0.2) is 0 Å². The van der Waals surface area contributed by atoms with E-state index in [0.717, 1.165) is 4.88 Å². The van der Waals surface area contributed by atoms with Gasteiger partial charge in [0, 0.05) is 0 Å². The average molecular weight is 283 g/mol. The van der Waals surface area contributed by atoms with Crippen molar-refractivity contribution in [1.29, 1.82) is 0 Å². The second kappa shape index (κ2) is 5.42. The van der Waals surface area contributed by atoms with Crippen molar-refractivity contribution < 1.29 is 14.6 Å². The minimum Gasteiger partial charge on any atom is -0.488 e. The zero-order valence-corrected chi connectivity index (χ0v) is 11.2. The molecule has 18 heavy (non-hydrogen) atoms. The van der Waals surface area contributed by atoms with Crippen LogP contribution in [0.15, 0.2) is 29.6 Å². The quantitative estimate of drug-likeness (QED) is 0.922. The molecule has 0 bridgehead atoms. The molecule has 0 amide bonds. The molecule has 2 rings (SSSR count). The molecule has 0 radical (unpaired) electrons. The summed E-state index contributed by atoms with van der Waals surface area (Å²) in [6, 6.07) is 6.73. The molecule has 0 saturated carbocycles. The molecule has 1 N–H and O–H groups in total. The molecule has 5 heteroatoms. The Morgan fingerprint density at radius 3 is 2.78 bits per heavy atom. The topological polar surface area (TPSA) is 46.5 Å². The van der Waals surface area contributed by atoms with E-state index in [2.05, 4.69) is 0 Å². The fourth-order valence-electron chi connectivity index (χ4n) is 1.54. The third-order valence-electron chi connectivity index (χ3n) is 2.49. The van der Waals surface area contributed by atoms with Crippen molar-refractivity contribution in [2.45, 2.75) is 13.5 Å². The molecule has 94 valence electrons. The number of aryl methyl sites for hydroxylation is 1. The second-order valence-corrected chi connectivity index (χ2v) is 5.17. The number of hydrogen-bond acceptors (Lipinski definition) is 3. The molecule has 0 spiro atoms. The summed E-state index contributed by atoms with van der Waals surface area (Å²) in [7, 11) is 0. The molecule has 1 aromatic heterocycles. The Morgan fingerprint density at radius 2 is 2.22 bits per heavy atom. The van der Waals surface area contributed by atoms with Gasteiger partial charge in [0.1, 0.15) is 12.4 Å². The summed E-state index contributed by atoms with van der Waals surface area (Å²) >= 11 is 7.49. The first-order valence-electron chi connectivity index (χ1n) is 5.26. The first-order chi connectivity index (χ1) is 8.58. The van der Waals surface area contributed by atoms with Gasteiger partial charge in [-0.25, -0.2) is 4.79 Å². The van der Waals surface area contributed by atoms with Gasteiger partial charge in [-0.1, -0.05) is 11.6 Å². The molecule has 0 aliphatic heterocycles. The second-order valence-electron chi connectivity index (χ2n) is 3.76. The number of benzene rings is 1. The van der Waals surface area contributed by atoms with Crippen LogP contribution in [0.25, 0.3) is 0 Å². The summed E-state index contributed by atoms with van der Waals surface area (Å²) in [6.07, 6.45) is 0. The van der Waals surface area contributed by atoms with Crippen molar-refractivity contribution >= 4 is 28.9 Å². The van der Waals surface area contributed by atoms with Gasteiger partial charge in [-0.15, -0.1) is 11.3 Å². The van der Waals surface area contributed by atoms with Gasteiger partial charge < -0.3 is 9.84 Å². The maximum absolute atomic E-state index is 10.9. The van der Waals surface area contributed by atoms with E-state index in [9.17, 15) is 4.79 Å². The number of halogens is 1. The zero-order chi connectivity index (χ0) is 13.1. The van der Waals surface area contributed by atoms with Crippen molar-refractivity contribution in [2.75, 3.05) is 0 Å². The molecule has 2 aromatic rings. The number of aromatic carboxylic acids is 1. The average Bonchev–Trinajstić information content (AvgIpc) is 2.72. The molecule has 0 aliphatic carbocycles. The molecule has 0 fully saturated rings. The fraction of sp³-hybridized carbons (Fsp3) is 0.154. The fourth-order valence-corrected chi connectivity index (χ4v) is 2.54. The monoisotopic (exact) mass is 282 g/mol. The predicted molar refractivity (Wildman–Crippen MR) is 71.8 cm³/mol. The van der Waals surface area contributed by atoms with Crippen LogP contribution in [0.1, 0.15) is 20.8 Å². The van der Waals surface area contributed by atoms with Crippen LogP contribution in [0, 0.1) is 6.92 Å². The molecule has 3 nitrogen and oxygen atoms in total. The third kappa shape index (κ3) is 2.83. The number of thiophene rings is 1. The van der Waals surface area contributed by atoms with Gasteiger partial charge in [-0.2, -0.15) is 0 Å². The highest BCUT2D eigenvalue weighted by Gasteiger charge is 2.08. The molecule has 0 atom stereocenters. The van der Waals surface area contributed by atoms with Crippen molar-refractivity contribution in [1.82, 2.24) is 0 Å². The van der Waals surface area contributed by atoms with Gasteiger partial charge in [-0.3, -0.25) is 0 Å². The number of hydrogen-bond donors (Lipinski definition) is 1. The number of carbonyl (C=O) groups is 1. The third-order valence-corrected chi connectivity index (χ3v) is 3.85. The molecular weight excluding hydrogens is 272 g/mol. The van der Waals surface area contributed by atoms with Crippen molar-refractivity contribution in [3.8, 4) is 5.75 Å². The van der Waals surface area contributed by atoms with Crippen LogP contribution in [0.3, 0.4) is 0 Å². The van der Waals surface area contributed by atoms with Crippen LogP contribution in [0.2, 0.25) is 5.02 Å². The summed E-state index contributed by atoms with van der Waals surface area (Å²) in [5.41, 5.74) is 0.966. The lowest BCUT2D eigenvalue weighted by Crippen LogP contribution is -2.00. The minimum atomic E-state index is -0.930. The van der Waals surface area contributed by atoms with E-state index in [0.29, 0.717) is 22.9 Å². The first kappa shape index (κ1) is 12.9. The van der Waals surface area contributed by atoms with Gasteiger partial charge in [0.25, 0.3) is 0 Å². The number of carboxylic acid groups (broad SMARTS) is 1. The summed E-state index contributed by atoms with van der Waals surface area (Å²) in [4.78, 5) is 11.8. The van der Waals surface area contributed by atoms with E-state index in [1.54, 1.807) is 25.1 Å². The Hall–Kier alpha value is -1.52. The lowest BCUT2D eigenvalue weighted by molar-refractivity contribution is 0.0696. The Morgan fingerprint density at radius 1 is 1.44 bits per heavy atom. The van der Waals surface area contributed by atoms with Gasteiger partial charge in [0.05, 0.1) is 15.5 Å². The van der Waals surface area contributed by atoms with Crippen LogP contribution >= 0.6 is 22.9 Å². The first-order valence-corrected chi connectivity index (χ1v) is 6.52. The van der Waals surface area contributed by atoms with Gasteiger partial charge in [0.2, 0.25) is 0 Å². The maximum Gasteiger partial charge on any atom is 0.335 e. The van der Waals surface area contributed by atoms with Gasteiger partial charge in [-0.05, 0) is 42.1 Å². The Labute approximate surface area is 114 Å². The number of rotatable bonds is 4. The van der Waals surface area contributed by atoms with E-state index >= 15 is 0 Å². The van der Waals surface area contributed by atoms with Gasteiger partial charge >= 0.3 is 5.97 Å². The summed E-state index contributed by atoms with van der Waals surface area (Å²) in [5.74, 6) is -0.290. The Bertz CT molecular complexity index is 577. The largest absolute Gasteiger partial charge is 0.488 e. The van der Waals surface area contributed by atoms with Crippen molar-refractivity contribution in [3.63, 3.8) is 0 Å². The summed E-state index contributed by atoms with van der Waals surface area (Å²) in [6.45, 7) is 2.14. The van der Waals surface area contributed by atoms with E-state index in [-0.39, 0.29) is 5.56 Å². The van der Waals surface area contributed by atoms with Crippen LogP contribution in [-0.4, -0.2) is 11.1 Å². The molecular formula is C13H11ClO3S. The smallest absolute Gasteiger partial charge is 0.335 e. The van der Waals surface area contributed by atoms with E-state index < -0.39 is 5.97 Å². The lowest BCUT2D eigenvalue weighted by atomic mass is 10.1. The summed E-state index contributed by atoms with van der Waals surface area (Å²) in [5, 5.41) is 11.5. The van der Waals surface area contributed by atoms with Crippen LogP contribution < -0.4 is 4.74 Å². The molecule has 1 aromatic carbocycles. The van der Waals surface area contributed by atoms with Crippen molar-refractivity contribution in [2.24, 2.45) is 0 Å². The SMILES string of the molecule is Cc1cc(OCc2sccc2Cl)ccc1C(=O)O. The van der Waals surface area contributed by atoms with E-state index in [4.69, 9.17) is 21.4 Å². The lowest BCUT2D eigenvalue weighted by Gasteiger charge is -2.07. The minimum absolute atomic E-state index is 0.288. The molecule has 0 saturated heterocycles. The van der Waals surface area contributed by atoms with Crippen LogP contribution in [0.4, 0.5) is 0 Å². The molecule has 1 heterocycles. The maximum atomic E-state index is 10.9. The van der Waals surface area contributed by atoms with Crippen molar-refractivity contribution in [3.05, 3.63) is 50.7 Å². The Kier molecular flexibility index (Phi) is 3.89. The van der Waals surface area contributed by atoms with Crippen LogP contribution in [-0.2, 0) is 6.61 Å². The molecule has 0 unspecified atom stereocenters. The molecule has 0 aliphatic rings. The number of ether oxygens (including phenoxy) is 1. The predicted octanol–water partition coefficient (Wildman–Crippen LogP) is 3.99. The number of carboxylic acids is 1. The zero-order valence-electron chi connectivity index (χ0n) is 9.64. The van der Waals surface area contributed by atoms with E-state index in [1.807, 2.05) is 11.4 Å². The van der Waals surface area contributed by atoms with E-state index in [1.165, 1.54) is 11.3 Å². The summed E-state index contributed by atoms with van der Waals surface area (Å²) < 4.78 is 5.58. The normalized spacial score (nSPS) is 10.3. The highest BCUT2D eigenvalue weighted by Crippen LogP contribution is 2.24. The standard InChI is InChI=1S/C13H11ClO3S/c1-8-6-9(2-3-10(8)13(15)16)17-7-12-11(14)4-5-18-12/h2-6H,7H2,1H3,(H,15,16).